The molecule has 1 aromatic carbocycles. The van der Waals surface area contributed by atoms with Gasteiger partial charge in [-0.25, -0.2) is 0 Å². The van der Waals surface area contributed by atoms with Crippen molar-refractivity contribution in [3.05, 3.63) is 41.5 Å². The van der Waals surface area contributed by atoms with E-state index < -0.39 is 0 Å². The van der Waals surface area contributed by atoms with E-state index in [9.17, 15) is 5.11 Å². The average molecular weight is 275 g/mol. The Kier molecular flexibility index (Phi) is 3.66. The lowest BCUT2D eigenvalue weighted by Gasteiger charge is -2.06. The van der Waals surface area contributed by atoms with Crippen molar-refractivity contribution in [2.24, 2.45) is 5.73 Å². The lowest BCUT2D eigenvalue weighted by molar-refractivity contribution is 0.103. The van der Waals surface area contributed by atoms with Gasteiger partial charge in [-0.05, 0) is 37.0 Å². The van der Waals surface area contributed by atoms with Crippen LogP contribution in [-0.2, 0) is 11.2 Å². The fourth-order valence-electron chi connectivity index (χ4n) is 2.28. The van der Waals surface area contributed by atoms with E-state index in [1.807, 2.05) is 12.1 Å². The molecule has 1 fully saturated rings. The topological polar surface area (TPSA) is 94.4 Å². The third kappa shape index (κ3) is 2.81. The van der Waals surface area contributed by atoms with Crippen LogP contribution in [0.1, 0.15) is 42.3 Å². The molecule has 1 saturated heterocycles. The number of phenols is 1. The normalized spacial score (nSPS) is 20.1. The molecule has 2 aromatic rings. The molecule has 3 N–H and O–H groups in total. The first kappa shape index (κ1) is 13.1. The smallest absolute Gasteiger partial charge is 0.243 e. The van der Waals surface area contributed by atoms with E-state index in [2.05, 4.69) is 10.1 Å². The van der Waals surface area contributed by atoms with E-state index >= 15 is 0 Å². The van der Waals surface area contributed by atoms with Crippen molar-refractivity contribution < 1.29 is 14.4 Å². The number of hydrogen-bond donors (Lipinski definition) is 2. The van der Waals surface area contributed by atoms with Gasteiger partial charge in [0.15, 0.2) is 0 Å². The summed E-state index contributed by atoms with van der Waals surface area (Å²) in [5.74, 6) is 1.24. The Morgan fingerprint density at radius 2 is 2.15 bits per heavy atom. The molecule has 2 atom stereocenters. The van der Waals surface area contributed by atoms with Crippen molar-refractivity contribution in [3.8, 4) is 5.75 Å². The molecule has 2 heterocycles. The zero-order valence-electron chi connectivity index (χ0n) is 11.0. The first-order valence-corrected chi connectivity index (χ1v) is 6.71. The molecule has 0 amide bonds. The molecule has 0 spiro atoms. The molecule has 1 aromatic heterocycles. The van der Waals surface area contributed by atoms with Crippen LogP contribution in [0.4, 0.5) is 0 Å². The second kappa shape index (κ2) is 5.60. The highest BCUT2D eigenvalue weighted by molar-refractivity contribution is 5.26. The van der Waals surface area contributed by atoms with Crippen LogP contribution in [0.5, 0.6) is 5.75 Å². The Morgan fingerprint density at radius 1 is 1.35 bits per heavy atom. The third-order valence-electron chi connectivity index (χ3n) is 3.38. The molecular weight excluding hydrogens is 258 g/mol. The molecule has 3 rings (SSSR count). The summed E-state index contributed by atoms with van der Waals surface area (Å²) in [5.41, 5.74) is 7.08. The van der Waals surface area contributed by atoms with Crippen molar-refractivity contribution in [3.63, 3.8) is 0 Å². The standard InChI is InChI=1S/C14H17N3O3/c15-11(8-9-3-5-10(18)6-4-9)14-16-13(17-20-14)12-2-1-7-19-12/h3-6,11-12,18H,1-2,7-8,15H2/t11-,12?/m1/s1. The van der Waals surface area contributed by atoms with Gasteiger partial charge in [-0.2, -0.15) is 4.98 Å². The minimum absolute atomic E-state index is 0.0617. The maximum absolute atomic E-state index is 9.25. The lowest BCUT2D eigenvalue weighted by Crippen LogP contribution is -2.14. The lowest BCUT2D eigenvalue weighted by atomic mass is 10.1. The Hall–Kier alpha value is -1.92. The summed E-state index contributed by atoms with van der Waals surface area (Å²) in [6, 6.07) is 6.56. The van der Waals surface area contributed by atoms with Crippen LogP contribution in [0, 0.1) is 0 Å². The number of aromatic nitrogens is 2. The molecule has 0 bridgehead atoms. The number of nitrogens with zero attached hydrogens (tertiary/aromatic N) is 2. The predicted octanol–water partition coefficient (Wildman–Crippen LogP) is 1.87. The summed E-state index contributed by atoms with van der Waals surface area (Å²) in [6.45, 7) is 0.744. The highest BCUT2D eigenvalue weighted by Gasteiger charge is 2.24. The van der Waals surface area contributed by atoms with Crippen molar-refractivity contribution in [1.29, 1.82) is 0 Å². The molecule has 106 valence electrons. The molecule has 0 aliphatic carbocycles. The average Bonchev–Trinajstić information content (AvgIpc) is 3.11. The van der Waals surface area contributed by atoms with Gasteiger partial charge in [-0.1, -0.05) is 17.3 Å². The summed E-state index contributed by atoms with van der Waals surface area (Å²) in [4.78, 5) is 4.33. The minimum Gasteiger partial charge on any atom is -0.508 e. The monoisotopic (exact) mass is 275 g/mol. The van der Waals surface area contributed by atoms with Crippen molar-refractivity contribution in [2.75, 3.05) is 6.61 Å². The Labute approximate surface area is 116 Å². The van der Waals surface area contributed by atoms with E-state index in [1.54, 1.807) is 12.1 Å². The van der Waals surface area contributed by atoms with Crippen LogP contribution in [0.15, 0.2) is 28.8 Å². The number of hydrogen-bond acceptors (Lipinski definition) is 6. The summed E-state index contributed by atoms with van der Waals surface area (Å²) in [5, 5.41) is 13.2. The van der Waals surface area contributed by atoms with Gasteiger partial charge in [0.1, 0.15) is 11.9 Å². The fraction of sp³-hybridized carbons (Fsp3) is 0.429. The number of rotatable bonds is 4. The van der Waals surface area contributed by atoms with Crippen molar-refractivity contribution in [1.82, 2.24) is 10.1 Å². The number of ether oxygens (including phenoxy) is 1. The molecule has 6 nitrogen and oxygen atoms in total. The number of nitrogens with two attached hydrogens (primary N) is 1. The van der Waals surface area contributed by atoms with Gasteiger partial charge >= 0.3 is 0 Å². The van der Waals surface area contributed by atoms with Crippen LogP contribution in [-0.4, -0.2) is 21.9 Å². The Morgan fingerprint density at radius 3 is 2.85 bits per heavy atom. The third-order valence-corrected chi connectivity index (χ3v) is 3.38. The number of benzene rings is 1. The van der Waals surface area contributed by atoms with Crippen LogP contribution in [0.25, 0.3) is 0 Å². The van der Waals surface area contributed by atoms with Gasteiger partial charge in [0.2, 0.25) is 11.7 Å². The molecule has 0 radical (unpaired) electrons. The molecule has 6 heteroatoms. The van der Waals surface area contributed by atoms with Crippen LogP contribution >= 0.6 is 0 Å². The Balaban J connectivity index is 1.67. The molecule has 1 aliphatic heterocycles. The van der Waals surface area contributed by atoms with E-state index in [0.29, 0.717) is 18.1 Å². The maximum atomic E-state index is 9.25. The van der Waals surface area contributed by atoms with E-state index in [-0.39, 0.29) is 17.9 Å². The fourth-order valence-corrected chi connectivity index (χ4v) is 2.28. The molecular formula is C14H17N3O3. The zero-order valence-corrected chi connectivity index (χ0v) is 11.0. The predicted molar refractivity (Wildman–Crippen MR) is 71.0 cm³/mol. The zero-order chi connectivity index (χ0) is 13.9. The summed E-state index contributed by atoms with van der Waals surface area (Å²) < 4.78 is 10.7. The van der Waals surface area contributed by atoms with Crippen LogP contribution < -0.4 is 5.73 Å². The van der Waals surface area contributed by atoms with Gasteiger partial charge in [-0.3, -0.25) is 0 Å². The van der Waals surface area contributed by atoms with Gasteiger partial charge in [-0.15, -0.1) is 0 Å². The summed E-state index contributed by atoms with van der Waals surface area (Å²) >= 11 is 0. The van der Waals surface area contributed by atoms with Crippen molar-refractivity contribution >= 4 is 0 Å². The van der Waals surface area contributed by atoms with Gasteiger partial charge in [0, 0.05) is 6.61 Å². The highest BCUT2D eigenvalue weighted by Crippen LogP contribution is 2.27. The van der Waals surface area contributed by atoms with E-state index in [0.717, 1.165) is 25.0 Å². The van der Waals surface area contributed by atoms with Gasteiger partial charge in [0.05, 0.1) is 6.04 Å². The largest absolute Gasteiger partial charge is 0.508 e. The van der Waals surface area contributed by atoms with Crippen LogP contribution in [0.2, 0.25) is 0 Å². The van der Waals surface area contributed by atoms with Crippen molar-refractivity contribution in [2.45, 2.75) is 31.4 Å². The number of aromatic hydroxyl groups is 1. The van der Waals surface area contributed by atoms with Gasteiger partial charge in [0.25, 0.3) is 0 Å². The molecule has 0 saturated carbocycles. The maximum Gasteiger partial charge on any atom is 0.243 e. The van der Waals surface area contributed by atoms with E-state index in [1.165, 1.54) is 0 Å². The molecule has 1 aliphatic rings. The van der Waals surface area contributed by atoms with Gasteiger partial charge < -0.3 is 20.1 Å². The molecule has 1 unspecified atom stereocenters. The molecule has 20 heavy (non-hydrogen) atoms. The highest BCUT2D eigenvalue weighted by atomic mass is 16.5. The first-order valence-electron chi connectivity index (χ1n) is 6.71. The second-order valence-corrected chi connectivity index (χ2v) is 4.97. The number of phenolic OH excluding ortho intramolecular Hbond substituents is 1. The van der Waals surface area contributed by atoms with E-state index in [4.69, 9.17) is 15.0 Å². The minimum atomic E-state index is -0.359. The Bertz CT molecular complexity index is 561. The second-order valence-electron chi connectivity index (χ2n) is 4.97. The SMILES string of the molecule is N[C@H](Cc1ccc(O)cc1)c1nc(C2CCCO2)no1. The quantitative estimate of drug-likeness (QED) is 0.884. The first-order chi connectivity index (χ1) is 9.72. The van der Waals surface area contributed by atoms with Crippen LogP contribution in [0.3, 0.4) is 0 Å². The summed E-state index contributed by atoms with van der Waals surface area (Å²) in [7, 11) is 0. The summed E-state index contributed by atoms with van der Waals surface area (Å²) in [6.07, 6.45) is 2.46.